The fraction of sp³-hybridized carbons (Fsp3) is 0.0308. The summed E-state index contributed by atoms with van der Waals surface area (Å²) in [5.41, 5.74) is 32.9. The van der Waals surface area contributed by atoms with E-state index in [1.807, 2.05) is 55.0 Å². The molecule has 0 spiro atoms. The molecular weight excluding hydrogens is 1690 g/mol. The second kappa shape index (κ2) is 32.3. The first-order chi connectivity index (χ1) is 68.5. The van der Waals surface area contributed by atoms with Crippen LogP contribution < -0.4 is 0 Å². The van der Waals surface area contributed by atoms with E-state index in [1.165, 1.54) is 109 Å². The molecule has 29 aromatic rings. The Hall–Kier alpha value is -18.2. The average molecular weight is 1780 g/mol. The average Bonchev–Trinajstić information content (AvgIpc) is 1.67. The lowest BCUT2D eigenvalue weighted by Gasteiger charge is -2.14. The number of aromatic nitrogens is 6. The highest BCUT2D eigenvalue weighted by Gasteiger charge is 2.25. The van der Waals surface area contributed by atoms with Gasteiger partial charge in [-0.15, -0.1) is 0 Å². The van der Waals surface area contributed by atoms with E-state index in [-0.39, 0.29) is 0 Å². The highest BCUT2D eigenvalue weighted by atomic mass is 16.3. The van der Waals surface area contributed by atoms with Crippen LogP contribution in [0, 0.1) is 27.7 Å². The number of nitrogens with zero attached hydrogens (tertiary/aromatic N) is 6. The van der Waals surface area contributed by atoms with Crippen LogP contribution in [0.4, 0.5) is 0 Å². The van der Waals surface area contributed by atoms with E-state index in [4.69, 9.17) is 43.2 Å². The molecule has 0 amide bonds. The number of para-hydroxylation sites is 3. The number of benzene rings is 23. The smallest absolute Gasteiger partial charge is 0.143 e. The van der Waals surface area contributed by atoms with Crippen LogP contribution >= 0.6 is 0 Å². The summed E-state index contributed by atoms with van der Waals surface area (Å²) in [6, 6.07) is 144. The number of hydrogen-bond donors (Lipinski definition) is 0. The van der Waals surface area contributed by atoms with E-state index >= 15 is 0 Å². The predicted molar refractivity (Wildman–Crippen MR) is 580 cm³/mol. The number of aryl methyl sites for hydroxylation is 4. The van der Waals surface area contributed by atoms with Crippen molar-refractivity contribution in [2.45, 2.75) is 27.7 Å². The molecule has 0 N–H and O–H groups in total. The minimum absolute atomic E-state index is 0.838. The summed E-state index contributed by atoms with van der Waals surface area (Å²) in [6.45, 7) is 8.54. The van der Waals surface area contributed by atoms with Gasteiger partial charge < -0.3 is 13.3 Å². The van der Waals surface area contributed by atoms with Gasteiger partial charge in [0.05, 0.1) is 68.8 Å². The molecule has 6 aromatic heterocycles. The van der Waals surface area contributed by atoms with Crippen molar-refractivity contribution < 1.29 is 13.3 Å². The molecule has 0 aliphatic rings. The van der Waals surface area contributed by atoms with Crippen LogP contribution in [0.1, 0.15) is 22.3 Å². The molecular formula is C130H82N6O3. The molecule has 139 heavy (non-hydrogen) atoms. The van der Waals surface area contributed by atoms with E-state index in [2.05, 4.69) is 398 Å². The zero-order valence-electron chi connectivity index (χ0n) is 76.3. The maximum atomic E-state index is 6.53. The Balaban J connectivity index is 0.000000106. The van der Waals surface area contributed by atoms with Crippen LogP contribution in [0.25, 0.3) is 285 Å². The molecule has 9 heteroatoms. The molecule has 6 heterocycles. The van der Waals surface area contributed by atoms with Gasteiger partial charge in [-0.05, 0) is 192 Å². The monoisotopic (exact) mass is 1770 g/mol. The van der Waals surface area contributed by atoms with Crippen molar-refractivity contribution in [3.8, 4) is 89.4 Å². The Labute approximate surface area is 797 Å². The summed E-state index contributed by atoms with van der Waals surface area (Å²) in [5.74, 6) is 0. The summed E-state index contributed by atoms with van der Waals surface area (Å²) in [6.07, 6.45) is 5.73. The Morgan fingerprint density at radius 3 is 0.770 bits per heavy atom. The summed E-state index contributed by atoms with van der Waals surface area (Å²) in [7, 11) is 0. The molecule has 0 bridgehead atoms. The van der Waals surface area contributed by atoms with Gasteiger partial charge in [0, 0.05) is 98.0 Å². The van der Waals surface area contributed by atoms with Crippen molar-refractivity contribution in [2.24, 2.45) is 0 Å². The highest BCUT2D eigenvalue weighted by molar-refractivity contribution is 6.29. The highest BCUT2D eigenvalue weighted by Crippen LogP contribution is 2.49. The van der Waals surface area contributed by atoms with Gasteiger partial charge >= 0.3 is 0 Å². The maximum absolute atomic E-state index is 6.53. The molecule has 0 aliphatic heterocycles. The third-order valence-electron chi connectivity index (χ3n) is 28.3. The van der Waals surface area contributed by atoms with Gasteiger partial charge in [0.25, 0.3) is 0 Å². The van der Waals surface area contributed by atoms with E-state index < -0.39 is 0 Å². The molecule has 9 nitrogen and oxygen atoms in total. The largest absolute Gasteiger partial charge is 0.455 e. The van der Waals surface area contributed by atoms with E-state index in [0.29, 0.717) is 0 Å². The maximum Gasteiger partial charge on any atom is 0.143 e. The first kappa shape index (κ1) is 80.5. The van der Waals surface area contributed by atoms with Gasteiger partial charge in [0.1, 0.15) is 33.5 Å². The topological polar surface area (TPSA) is 117 Å². The van der Waals surface area contributed by atoms with E-state index in [1.54, 1.807) is 0 Å². The van der Waals surface area contributed by atoms with Crippen molar-refractivity contribution in [1.29, 1.82) is 0 Å². The molecule has 0 atom stereocenters. The van der Waals surface area contributed by atoms with Gasteiger partial charge in [-0.2, -0.15) is 0 Å². The molecule has 0 radical (unpaired) electrons. The quantitative estimate of drug-likeness (QED) is 0.137. The van der Waals surface area contributed by atoms with Gasteiger partial charge in [0.15, 0.2) is 0 Å². The zero-order valence-corrected chi connectivity index (χ0v) is 76.3. The molecule has 0 aliphatic carbocycles. The van der Waals surface area contributed by atoms with Crippen LogP contribution in [0.2, 0.25) is 0 Å². The first-order valence-electron chi connectivity index (χ1n) is 47.3. The molecule has 650 valence electrons. The fourth-order valence-electron chi connectivity index (χ4n) is 21.5. The van der Waals surface area contributed by atoms with E-state index in [0.717, 1.165) is 198 Å². The molecule has 0 saturated carbocycles. The number of fused-ring (bicyclic) bond motifs is 33. The van der Waals surface area contributed by atoms with Crippen molar-refractivity contribution in [3.63, 3.8) is 0 Å². The van der Waals surface area contributed by atoms with Crippen LogP contribution in [-0.2, 0) is 0 Å². The van der Waals surface area contributed by atoms with Crippen LogP contribution in [0.5, 0.6) is 0 Å². The van der Waals surface area contributed by atoms with Gasteiger partial charge in [-0.1, -0.05) is 368 Å². The Morgan fingerprint density at radius 2 is 0.417 bits per heavy atom. The summed E-state index contributed by atoms with van der Waals surface area (Å²) < 4.78 is 19.5. The van der Waals surface area contributed by atoms with Crippen molar-refractivity contribution >= 4 is 196 Å². The summed E-state index contributed by atoms with van der Waals surface area (Å²) in [5, 5.41) is 28.1. The standard InChI is InChI=1S/C50H30N2O.2C40H26N2O/c1-3-11-31(12-4-1)35-23-25-39-43(27-35)44-28-36(32-13-5-2-6-14-32)24-26-40(44)49-48(39)51-30-45(52-49)34-21-19-33(20-22-34)42-29-37-15-7-8-16-38(37)47-41-17-9-10-18-46(41)53-50(42)47;1-23-11-17-29-33(19-23)34-20-24(2)12-18-30(34)39-38(29)41-22-35(42-39)26-15-13-25(14-16-26)32-21-27-7-3-4-8-28(27)37-31-9-5-6-10-36(31)43-40(32)37;1-23-11-17-29-30-18-12-24(2)20-34(30)39-38(33(29)19-23)41-22-35(42-39)26-15-13-25(14-16-26)32-21-27-7-3-4-8-28(27)37-31-9-5-6-10-36(31)43-40(32)37/h1-30H;2*3-22H,1-2H3. The molecule has 0 unspecified atom stereocenters. The second-order valence-electron chi connectivity index (χ2n) is 36.9. The number of rotatable bonds is 8. The Kier molecular flexibility index (Phi) is 18.7. The SMILES string of the molecule is Cc1ccc2c(c1)c1cc(C)ccc1c1nc(-c3ccc(-c4cc5ccccc5c5c4oc4ccccc45)cc3)cnc21.Cc1ccc2c3ccc(C)cc3c3nc(-c4ccc(-c5cc6ccccc6c6c5oc5ccccc56)cc4)cnc3c2c1.c1ccc(-c2ccc3c(c2)c2cc(-c4ccccc4)ccc2c2nc(-c4ccc(-c5cc6ccccc6c6c5oc5ccccc56)cc4)cnc32)cc1. The van der Waals surface area contributed by atoms with Crippen LogP contribution in [0.3, 0.4) is 0 Å². The first-order valence-corrected chi connectivity index (χ1v) is 47.3. The van der Waals surface area contributed by atoms with Gasteiger partial charge in [-0.25, -0.2) is 15.0 Å². The van der Waals surface area contributed by atoms with Crippen molar-refractivity contribution in [1.82, 2.24) is 29.9 Å². The lowest BCUT2D eigenvalue weighted by Crippen LogP contribution is -1.93. The fourth-order valence-corrected chi connectivity index (χ4v) is 21.5. The molecule has 23 aromatic carbocycles. The third kappa shape index (κ3) is 13.5. The zero-order chi connectivity index (χ0) is 92.2. The van der Waals surface area contributed by atoms with Gasteiger partial charge in [0.2, 0.25) is 0 Å². The summed E-state index contributed by atoms with van der Waals surface area (Å²) in [4.78, 5) is 30.9. The Bertz CT molecular complexity index is 10200. The second-order valence-corrected chi connectivity index (χ2v) is 36.9. The number of hydrogen-bond acceptors (Lipinski definition) is 9. The molecule has 29 rings (SSSR count). The third-order valence-corrected chi connectivity index (χ3v) is 28.3. The van der Waals surface area contributed by atoms with E-state index in [9.17, 15) is 0 Å². The van der Waals surface area contributed by atoms with Crippen LogP contribution in [0.15, 0.2) is 438 Å². The predicted octanol–water partition coefficient (Wildman–Crippen LogP) is 35.5. The lowest BCUT2D eigenvalue weighted by molar-refractivity contribution is 0.670. The van der Waals surface area contributed by atoms with Crippen molar-refractivity contribution in [3.05, 3.63) is 447 Å². The minimum atomic E-state index is 0.838. The number of furan rings is 3. The molecule has 0 fully saturated rings. The van der Waals surface area contributed by atoms with Gasteiger partial charge in [-0.3, -0.25) is 15.0 Å². The van der Waals surface area contributed by atoms with Crippen molar-refractivity contribution in [2.75, 3.05) is 0 Å². The lowest BCUT2D eigenvalue weighted by atomic mass is 9.93. The normalized spacial score (nSPS) is 11.9. The minimum Gasteiger partial charge on any atom is -0.455 e. The molecule has 0 saturated heterocycles. The summed E-state index contributed by atoms with van der Waals surface area (Å²) >= 11 is 0. The Morgan fingerprint density at radius 1 is 0.165 bits per heavy atom. The van der Waals surface area contributed by atoms with Crippen LogP contribution in [-0.4, -0.2) is 29.9 Å².